The highest BCUT2D eigenvalue weighted by atomic mass is 32.2. The molecule has 4 nitrogen and oxygen atoms in total. The quantitative estimate of drug-likeness (QED) is 0.812. The van der Waals surface area contributed by atoms with Crippen molar-refractivity contribution in [3.8, 4) is 0 Å². The molecule has 1 aromatic heterocycles. The third kappa shape index (κ3) is 3.37. The van der Waals surface area contributed by atoms with E-state index in [9.17, 15) is 8.42 Å². The molecule has 1 heterocycles. The van der Waals surface area contributed by atoms with Crippen molar-refractivity contribution in [3.05, 3.63) is 15.8 Å². The van der Waals surface area contributed by atoms with Crippen LogP contribution in [0.15, 0.2) is 10.3 Å². The maximum absolute atomic E-state index is 12.5. The number of hydrogen-bond acceptors (Lipinski definition) is 4. The standard InChI is InChI=1S/C13H22N2O2S2/c1-4-5-10-6-11(10)15-19(16,17)13-9(2)8-18-12(13)7-14-3/h8,10-11,14-15H,4-7H2,1-3H3. The van der Waals surface area contributed by atoms with E-state index in [1.54, 1.807) is 0 Å². The number of aryl methyl sites for hydroxylation is 1. The fraction of sp³-hybridized carbons (Fsp3) is 0.692. The molecule has 2 unspecified atom stereocenters. The number of nitrogens with one attached hydrogen (secondary N) is 2. The summed E-state index contributed by atoms with van der Waals surface area (Å²) in [5.74, 6) is 0.534. The summed E-state index contributed by atoms with van der Waals surface area (Å²) in [6.07, 6.45) is 3.21. The molecule has 0 bridgehead atoms. The molecule has 0 aromatic carbocycles. The van der Waals surface area contributed by atoms with Gasteiger partial charge in [0.25, 0.3) is 0 Å². The summed E-state index contributed by atoms with van der Waals surface area (Å²) in [6, 6.07) is 0.145. The van der Waals surface area contributed by atoms with Crippen LogP contribution in [0.4, 0.5) is 0 Å². The average molecular weight is 302 g/mol. The monoisotopic (exact) mass is 302 g/mol. The molecule has 2 rings (SSSR count). The van der Waals surface area contributed by atoms with Crippen molar-refractivity contribution in [3.63, 3.8) is 0 Å². The van der Waals surface area contributed by atoms with Crippen molar-refractivity contribution in [1.29, 1.82) is 0 Å². The van der Waals surface area contributed by atoms with Gasteiger partial charge in [0.15, 0.2) is 0 Å². The lowest BCUT2D eigenvalue weighted by Gasteiger charge is -2.09. The van der Waals surface area contributed by atoms with Crippen molar-refractivity contribution in [1.82, 2.24) is 10.0 Å². The van der Waals surface area contributed by atoms with Gasteiger partial charge in [-0.25, -0.2) is 13.1 Å². The van der Waals surface area contributed by atoms with E-state index in [0.717, 1.165) is 29.7 Å². The van der Waals surface area contributed by atoms with Gasteiger partial charge in [-0.15, -0.1) is 11.3 Å². The van der Waals surface area contributed by atoms with Crippen molar-refractivity contribution >= 4 is 21.4 Å². The summed E-state index contributed by atoms with van der Waals surface area (Å²) in [5, 5.41) is 4.94. The molecular formula is C13H22N2O2S2. The Labute approximate surface area is 119 Å². The zero-order valence-corrected chi connectivity index (χ0v) is 13.3. The Morgan fingerprint density at radius 3 is 2.84 bits per heavy atom. The highest BCUT2D eigenvalue weighted by Gasteiger charge is 2.40. The first kappa shape index (κ1) is 15.0. The van der Waals surface area contributed by atoms with Crippen LogP contribution in [0.2, 0.25) is 0 Å². The van der Waals surface area contributed by atoms with Crippen LogP contribution in [-0.2, 0) is 16.6 Å². The molecule has 2 N–H and O–H groups in total. The van der Waals surface area contributed by atoms with Gasteiger partial charge < -0.3 is 5.32 Å². The summed E-state index contributed by atoms with van der Waals surface area (Å²) < 4.78 is 27.8. The van der Waals surface area contributed by atoms with E-state index in [0.29, 0.717) is 17.4 Å². The van der Waals surface area contributed by atoms with Crippen molar-refractivity contribution in [2.45, 2.75) is 50.6 Å². The first-order chi connectivity index (χ1) is 8.99. The fourth-order valence-corrected chi connectivity index (χ4v) is 5.61. The molecule has 1 aliphatic rings. The molecule has 0 saturated heterocycles. The van der Waals surface area contributed by atoms with Gasteiger partial charge in [-0.1, -0.05) is 13.3 Å². The van der Waals surface area contributed by atoms with Crippen LogP contribution in [0.25, 0.3) is 0 Å². The zero-order chi connectivity index (χ0) is 14.0. The molecule has 2 atom stereocenters. The van der Waals surface area contributed by atoms with E-state index in [2.05, 4.69) is 17.0 Å². The minimum absolute atomic E-state index is 0.145. The molecule has 1 fully saturated rings. The zero-order valence-electron chi connectivity index (χ0n) is 11.7. The Kier molecular flexibility index (Phi) is 4.66. The molecule has 108 valence electrons. The number of thiophene rings is 1. The Morgan fingerprint density at radius 2 is 2.21 bits per heavy atom. The lowest BCUT2D eigenvalue weighted by atomic mass is 10.2. The van der Waals surface area contributed by atoms with Crippen LogP contribution in [0.1, 0.15) is 36.6 Å². The summed E-state index contributed by atoms with van der Waals surface area (Å²) in [6.45, 7) is 4.59. The lowest BCUT2D eigenvalue weighted by molar-refractivity contribution is 0.571. The van der Waals surface area contributed by atoms with Crippen molar-refractivity contribution in [2.24, 2.45) is 5.92 Å². The van der Waals surface area contributed by atoms with Crippen LogP contribution in [0, 0.1) is 12.8 Å². The topological polar surface area (TPSA) is 58.2 Å². The SMILES string of the molecule is CCCC1CC1NS(=O)(=O)c1c(C)csc1CNC. The molecule has 1 aliphatic carbocycles. The van der Waals surface area contributed by atoms with Gasteiger partial charge in [0.2, 0.25) is 10.0 Å². The smallest absolute Gasteiger partial charge is 0.242 e. The van der Waals surface area contributed by atoms with Crippen LogP contribution >= 0.6 is 11.3 Å². The van der Waals surface area contributed by atoms with Gasteiger partial charge in [-0.2, -0.15) is 0 Å². The Hall–Kier alpha value is -0.430. The van der Waals surface area contributed by atoms with E-state index in [-0.39, 0.29) is 6.04 Å². The van der Waals surface area contributed by atoms with Gasteiger partial charge in [0, 0.05) is 17.5 Å². The van der Waals surface area contributed by atoms with Crippen LogP contribution in [0.5, 0.6) is 0 Å². The summed E-state index contributed by atoms with van der Waals surface area (Å²) in [4.78, 5) is 1.37. The first-order valence-electron chi connectivity index (χ1n) is 6.73. The third-order valence-electron chi connectivity index (χ3n) is 3.48. The molecule has 6 heteroatoms. The molecular weight excluding hydrogens is 280 g/mol. The van der Waals surface area contributed by atoms with Gasteiger partial charge >= 0.3 is 0 Å². The lowest BCUT2D eigenvalue weighted by Crippen LogP contribution is -2.28. The molecule has 0 spiro atoms. The maximum atomic E-state index is 12.5. The van der Waals surface area contributed by atoms with E-state index >= 15 is 0 Å². The molecule has 1 aromatic rings. The van der Waals surface area contributed by atoms with E-state index in [1.165, 1.54) is 11.3 Å². The normalized spacial score (nSPS) is 22.7. The van der Waals surface area contributed by atoms with Gasteiger partial charge in [-0.3, -0.25) is 0 Å². The molecule has 0 radical (unpaired) electrons. The Bertz CT molecular complexity index is 537. The second kappa shape index (κ2) is 5.91. The highest BCUT2D eigenvalue weighted by molar-refractivity contribution is 7.89. The summed E-state index contributed by atoms with van der Waals surface area (Å²) in [5.41, 5.74) is 0.843. The molecule has 19 heavy (non-hydrogen) atoms. The number of hydrogen-bond donors (Lipinski definition) is 2. The van der Waals surface area contributed by atoms with E-state index < -0.39 is 10.0 Å². The van der Waals surface area contributed by atoms with Crippen molar-refractivity contribution in [2.75, 3.05) is 7.05 Å². The Morgan fingerprint density at radius 1 is 1.47 bits per heavy atom. The molecule has 0 amide bonds. The predicted octanol–water partition coefficient (Wildman–Crippen LogP) is 2.24. The summed E-state index contributed by atoms with van der Waals surface area (Å²) >= 11 is 1.50. The number of sulfonamides is 1. The third-order valence-corrected chi connectivity index (χ3v) is 6.44. The second-order valence-electron chi connectivity index (χ2n) is 5.21. The molecule has 0 aliphatic heterocycles. The maximum Gasteiger partial charge on any atom is 0.242 e. The van der Waals surface area contributed by atoms with E-state index in [1.807, 2.05) is 19.4 Å². The van der Waals surface area contributed by atoms with Gasteiger partial charge in [0.1, 0.15) is 4.90 Å². The van der Waals surface area contributed by atoms with Crippen LogP contribution in [0.3, 0.4) is 0 Å². The first-order valence-corrected chi connectivity index (χ1v) is 9.09. The molecule has 1 saturated carbocycles. The van der Waals surface area contributed by atoms with Crippen molar-refractivity contribution < 1.29 is 8.42 Å². The van der Waals surface area contributed by atoms with Gasteiger partial charge in [0.05, 0.1) is 0 Å². The number of rotatable bonds is 7. The minimum atomic E-state index is -3.37. The van der Waals surface area contributed by atoms with Crippen LogP contribution in [-0.4, -0.2) is 21.5 Å². The van der Waals surface area contributed by atoms with E-state index in [4.69, 9.17) is 0 Å². The summed E-state index contributed by atoms with van der Waals surface area (Å²) in [7, 11) is -1.54. The Balaban J connectivity index is 2.14. The second-order valence-corrected chi connectivity index (χ2v) is 7.83. The average Bonchev–Trinajstić information content (AvgIpc) is 2.91. The minimum Gasteiger partial charge on any atom is -0.315 e. The fourth-order valence-electron chi connectivity index (χ4n) is 2.47. The van der Waals surface area contributed by atoms with Crippen LogP contribution < -0.4 is 10.0 Å². The largest absolute Gasteiger partial charge is 0.315 e. The highest BCUT2D eigenvalue weighted by Crippen LogP contribution is 2.36. The predicted molar refractivity (Wildman–Crippen MR) is 78.9 cm³/mol. The van der Waals surface area contributed by atoms with Gasteiger partial charge in [-0.05, 0) is 43.7 Å².